The number of carboxylic acid groups (broad SMARTS) is 1. The van der Waals surface area contributed by atoms with E-state index >= 15 is 0 Å². The Hall–Kier alpha value is -6.16. The minimum atomic E-state index is -1.01. The molecule has 0 aliphatic carbocycles. The van der Waals surface area contributed by atoms with Crippen LogP contribution in [0.3, 0.4) is 0 Å². The average Bonchev–Trinajstić information content (AvgIpc) is 0.850. The Kier molecular flexibility index (Phi) is 57.2. The summed E-state index contributed by atoms with van der Waals surface area (Å²) in [4.78, 5) is 80.8. The molecule has 0 bridgehead atoms. The number of methoxy groups -OCH3 is 4. The number of hydrogen-bond acceptors (Lipinski definition) is 19. The maximum Gasteiger partial charge on any atom is 2.00 e. The summed E-state index contributed by atoms with van der Waals surface area (Å²) in [7, 11) is 6.48. The Bertz CT molecular complexity index is 3130. The van der Waals surface area contributed by atoms with E-state index in [2.05, 4.69) is 53.3 Å². The summed E-state index contributed by atoms with van der Waals surface area (Å²) in [5, 5.41) is 18.0. The molecule has 5 aromatic rings. The van der Waals surface area contributed by atoms with Crippen LogP contribution in [0.15, 0.2) is 132 Å². The fourth-order valence-electron chi connectivity index (χ4n) is 9.07. The van der Waals surface area contributed by atoms with Crippen LogP contribution in [0.25, 0.3) is 0 Å². The first-order chi connectivity index (χ1) is 47.5. The Balaban J connectivity index is -0.000000562. The number of phenols is 1. The van der Waals surface area contributed by atoms with Gasteiger partial charge in [0, 0.05) is 40.6 Å². The molecule has 0 unspecified atom stereocenters. The summed E-state index contributed by atoms with van der Waals surface area (Å²) in [5.41, 5.74) is 2.94. The number of carboxylic acids is 1. The van der Waals surface area contributed by atoms with E-state index in [1.54, 1.807) is 101 Å². The van der Waals surface area contributed by atoms with Crippen LogP contribution in [0.2, 0.25) is 0 Å². The summed E-state index contributed by atoms with van der Waals surface area (Å²) < 4.78 is 54.9. The van der Waals surface area contributed by atoms with Crippen LogP contribution in [0.5, 0.6) is 28.7 Å². The molecule has 20 nitrogen and oxygen atoms in total. The molecule has 1 aliphatic rings. The standard InChI is InChI=1S/C17H24O5.C14H20O3.C13H18O3.C12H16O3.C10H16O4.C7H7O.C4H8O.BBr3.BrH.Mg/c1-6-21-15(18)14(16(19)22-7-2)17(3,4)12-8-10-13(20-5)11-9-12;1-5-17-13(15)10-14(2,3)11-6-8-12(16-4)9-7-11;1-4-16-12(15)9-13(2,3)10-5-7-11(14)8-6-10;1-12(2,8-11(13)14)9-4-6-10(15-3)7-5-9;1-5-13-9(11)8(7(3)4)10(12)14-6-2;1-8-7-5-3-2-4-6-7;1-2-4-5-3-1;2-1(3)4;;/h8-11,14H,6-7H2,1-5H3;6-9H,5,10H2,1-4H3;5-8,14H,4,9H2,1-3H3;4-7H,8H2,1-3H3,(H,13,14);5-6H2,1-4H3;3-6H,1H3;1-4H2;;1H;/q;;;;;-1;;;;+2/p-1. The van der Waals surface area contributed by atoms with Gasteiger partial charge in [-0.2, -0.15) is 18.2 Å². The number of carbonyl (C=O) groups excluding carboxylic acids is 6. The monoisotopic (exact) mass is 1700 g/mol. The molecule has 0 saturated carbocycles. The van der Waals surface area contributed by atoms with Crippen molar-refractivity contribution in [1.29, 1.82) is 0 Å². The number of carbonyl (C=O) groups is 7. The fourth-order valence-corrected chi connectivity index (χ4v) is 9.07. The van der Waals surface area contributed by atoms with Crippen LogP contribution in [0.4, 0.5) is 0 Å². The number of ether oxygens (including phenoxy) is 11. The molecule has 0 amide bonds. The smallest absolute Gasteiger partial charge is 1.00 e. The third kappa shape index (κ3) is 44.4. The number of aliphatic carboxylic acids is 1. The topological polar surface area (TPSA) is 261 Å². The van der Waals surface area contributed by atoms with Crippen LogP contribution in [0.1, 0.15) is 165 Å². The van der Waals surface area contributed by atoms with E-state index < -0.39 is 41.2 Å². The van der Waals surface area contributed by atoms with Crippen molar-refractivity contribution >= 4 is 115 Å². The molecule has 570 valence electrons. The first-order valence-corrected chi connectivity index (χ1v) is 35.8. The number of aromatic hydroxyl groups is 1. The van der Waals surface area contributed by atoms with Gasteiger partial charge < -0.3 is 79.3 Å². The summed E-state index contributed by atoms with van der Waals surface area (Å²) in [6.45, 7) is 33.0. The van der Waals surface area contributed by atoms with Crippen LogP contribution in [-0.2, 0) is 88.4 Å². The molecule has 1 saturated heterocycles. The summed E-state index contributed by atoms with van der Waals surface area (Å²) >= 11 is 9.31. The van der Waals surface area contributed by atoms with Crippen molar-refractivity contribution in [3.63, 3.8) is 0 Å². The minimum absolute atomic E-state index is 0. The molecule has 6 rings (SSSR count). The molecular formula is C77H109BBr4MgO20. The first kappa shape index (κ1) is 103. The molecule has 1 fully saturated rings. The van der Waals surface area contributed by atoms with Gasteiger partial charge in [-0.05, 0) is 139 Å². The third-order valence-corrected chi connectivity index (χ3v) is 14.6. The van der Waals surface area contributed by atoms with Crippen LogP contribution < -0.4 is 35.9 Å². The van der Waals surface area contributed by atoms with Crippen molar-refractivity contribution in [2.75, 3.05) is 81.3 Å². The maximum atomic E-state index is 12.3. The second-order valence-corrected chi connectivity index (χ2v) is 30.8. The Morgan fingerprint density at radius 1 is 0.466 bits per heavy atom. The van der Waals surface area contributed by atoms with E-state index in [9.17, 15) is 38.7 Å². The molecule has 1 heterocycles. The Morgan fingerprint density at radius 3 is 1.00 bits per heavy atom. The molecule has 0 aromatic heterocycles. The van der Waals surface area contributed by atoms with E-state index in [4.69, 9.17) is 57.2 Å². The molecule has 0 spiro atoms. The van der Waals surface area contributed by atoms with Crippen LogP contribution in [-0.4, -0.2) is 160 Å². The van der Waals surface area contributed by atoms with Crippen LogP contribution in [0, 0.1) is 12.0 Å². The van der Waals surface area contributed by atoms with E-state index in [1.165, 1.54) is 12.8 Å². The van der Waals surface area contributed by atoms with Crippen molar-refractivity contribution in [2.45, 2.75) is 165 Å². The summed E-state index contributed by atoms with van der Waals surface area (Å²) in [5.74, 6) is -1.10. The SMILES string of the molecule is BrB(Br)Br.C1CCOC1.CCOC(=O)C(C(=O)OCC)=C(C)C.CCOC(=O)C(C(=O)OCC)C(C)(C)c1ccc(OC)cc1.CCOC(=O)CC(C)(C)c1ccc(O)cc1.CCOC(=O)CC(C)(C)c1ccc(OC)cc1.COc1cc[c-]cc1.COc1ccc(C(C)(C)CC(=O)O)cc1.[Br-].[Mg+2]. The normalized spacial score (nSPS) is 10.9. The van der Waals surface area contributed by atoms with E-state index in [0.717, 1.165) is 52.7 Å². The van der Waals surface area contributed by atoms with Gasteiger partial charge in [-0.15, -0.1) is 59.4 Å². The number of rotatable bonds is 25. The zero-order chi connectivity index (χ0) is 77.4. The molecule has 5 aromatic carbocycles. The van der Waals surface area contributed by atoms with E-state index in [1.807, 2.05) is 159 Å². The first-order valence-electron chi connectivity index (χ1n) is 33.1. The van der Waals surface area contributed by atoms with Crippen molar-refractivity contribution < 1.29 is 113 Å². The summed E-state index contributed by atoms with van der Waals surface area (Å²) in [6, 6.07) is 39.7. The third-order valence-electron chi connectivity index (χ3n) is 14.6. The molecule has 0 radical (unpaired) electrons. The number of hydrogen-bond donors (Lipinski definition) is 2. The zero-order valence-electron chi connectivity index (χ0n) is 63.9. The van der Waals surface area contributed by atoms with Crippen molar-refractivity contribution in [3.05, 3.63) is 161 Å². The van der Waals surface area contributed by atoms with Gasteiger partial charge >= 0.3 is 68.0 Å². The largest absolute Gasteiger partial charge is 2.00 e. The molecule has 103 heavy (non-hydrogen) atoms. The van der Waals surface area contributed by atoms with E-state index in [0.29, 0.717) is 37.4 Å². The molecule has 2 N–H and O–H groups in total. The number of benzene rings is 5. The van der Waals surface area contributed by atoms with Crippen LogP contribution >= 0.6 is 47.3 Å². The number of esters is 6. The minimum Gasteiger partial charge on any atom is -1.00 e. The average molecular weight is 1710 g/mol. The number of halogens is 4. The fraction of sp³-hybridized carbons (Fsp3) is 0.494. The molecular weight excluding hydrogens is 1600 g/mol. The quantitative estimate of drug-likeness (QED) is 0.0105. The maximum absolute atomic E-state index is 12.3. The van der Waals surface area contributed by atoms with Crippen molar-refractivity contribution in [3.8, 4) is 28.7 Å². The Labute approximate surface area is 664 Å². The predicted octanol–water partition coefficient (Wildman–Crippen LogP) is 13.2. The predicted molar refractivity (Wildman–Crippen MR) is 413 cm³/mol. The van der Waals surface area contributed by atoms with Gasteiger partial charge in [-0.25, -0.2) is 9.59 Å². The van der Waals surface area contributed by atoms with Gasteiger partial charge in [0.05, 0.1) is 87.3 Å². The van der Waals surface area contributed by atoms with Gasteiger partial charge in [0.1, 0.15) is 28.6 Å². The molecule has 1 aliphatic heterocycles. The zero-order valence-corrected chi connectivity index (χ0v) is 71.6. The van der Waals surface area contributed by atoms with Crippen molar-refractivity contribution in [2.24, 2.45) is 5.92 Å². The Morgan fingerprint density at radius 2 is 0.748 bits per heavy atom. The van der Waals surface area contributed by atoms with E-state index in [-0.39, 0.29) is 116 Å². The number of phenolic OH excluding ortho intramolecular Hbond substituents is 1. The van der Waals surface area contributed by atoms with Gasteiger partial charge in [-0.1, -0.05) is 109 Å². The molecule has 26 heteroatoms. The van der Waals surface area contributed by atoms with Gasteiger partial charge in [0.2, 0.25) is 0 Å². The summed E-state index contributed by atoms with van der Waals surface area (Å²) in [6.07, 6.45) is 3.40. The molecule has 0 atom stereocenters. The van der Waals surface area contributed by atoms with Crippen molar-refractivity contribution in [1.82, 2.24) is 0 Å². The number of allylic oxidation sites excluding steroid dienone is 1. The van der Waals surface area contributed by atoms with Gasteiger partial charge in [0.25, 0.3) is 0 Å². The second kappa shape index (κ2) is 57.1. The van der Waals surface area contributed by atoms with Gasteiger partial charge in [0.15, 0.2) is 5.92 Å². The second-order valence-electron chi connectivity index (χ2n) is 24.4. The van der Waals surface area contributed by atoms with Gasteiger partial charge in [-0.3, -0.25) is 24.0 Å².